The lowest BCUT2D eigenvalue weighted by atomic mass is 10.1. The minimum absolute atomic E-state index is 0.151. The highest BCUT2D eigenvalue weighted by Gasteiger charge is 2.21. The molecule has 2 unspecified atom stereocenters. The Balaban J connectivity index is 1.95. The maximum absolute atomic E-state index is 13.3. The van der Waals surface area contributed by atoms with Crippen LogP contribution in [0, 0.1) is 11.6 Å². The van der Waals surface area contributed by atoms with Gasteiger partial charge in [0.25, 0.3) is 0 Å². The van der Waals surface area contributed by atoms with Crippen LogP contribution in [-0.4, -0.2) is 29.4 Å². The lowest BCUT2D eigenvalue weighted by molar-refractivity contribution is -0.126. The summed E-state index contributed by atoms with van der Waals surface area (Å²) in [5.41, 5.74) is 1.22. The molecule has 2 amide bonds. The minimum atomic E-state index is -0.776. The molecule has 6 nitrogen and oxygen atoms in total. The molecule has 1 aromatic carbocycles. The number of pyridine rings is 1. The van der Waals surface area contributed by atoms with E-state index in [4.69, 9.17) is 0 Å². The number of halogens is 2. The van der Waals surface area contributed by atoms with Crippen molar-refractivity contribution in [1.29, 1.82) is 0 Å². The second-order valence-corrected chi connectivity index (χ2v) is 7.86. The van der Waals surface area contributed by atoms with Crippen molar-refractivity contribution in [2.75, 3.05) is 11.9 Å². The average molecular weight is 447 g/mol. The third kappa shape index (κ3) is 8.34. The molecule has 0 spiro atoms. The monoisotopic (exact) mass is 446 g/mol. The van der Waals surface area contributed by atoms with Gasteiger partial charge in [0.15, 0.2) is 0 Å². The summed E-state index contributed by atoms with van der Waals surface area (Å²) in [6, 6.07) is 5.95. The predicted molar refractivity (Wildman–Crippen MR) is 121 cm³/mol. The lowest BCUT2D eigenvalue weighted by Gasteiger charge is -2.18. The molecule has 0 aliphatic rings. The summed E-state index contributed by atoms with van der Waals surface area (Å²) < 4.78 is 26.7. The van der Waals surface area contributed by atoms with Crippen LogP contribution in [0.25, 0.3) is 0 Å². The normalized spacial score (nSPS) is 12.8. The molecule has 2 rings (SSSR count). The van der Waals surface area contributed by atoms with E-state index >= 15 is 0 Å². The topological polar surface area (TPSA) is 83.1 Å². The van der Waals surface area contributed by atoms with Crippen molar-refractivity contribution in [3.8, 4) is 0 Å². The largest absolute Gasteiger partial charge is 0.344 e. The molecule has 1 heterocycles. The van der Waals surface area contributed by atoms with Gasteiger partial charge in [-0.25, -0.2) is 13.8 Å². The number of rotatable bonds is 12. The molecule has 174 valence electrons. The van der Waals surface area contributed by atoms with Crippen LogP contribution in [0.1, 0.15) is 63.6 Å². The Bertz CT molecular complexity index is 870. The van der Waals surface area contributed by atoms with Gasteiger partial charge < -0.3 is 16.0 Å². The molecule has 2 atom stereocenters. The molecule has 0 aliphatic heterocycles. The molecule has 0 saturated carbocycles. The maximum Gasteiger partial charge on any atom is 0.248 e. The molecule has 0 bridgehead atoms. The second-order valence-electron chi connectivity index (χ2n) is 7.86. The van der Waals surface area contributed by atoms with E-state index < -0.39 is 23.6 Å². The van der Waals surface area contributed by atoms with Crippen LogP contribution < -0.4 is 16.0 Å². The number of nitrogens with one attached hydrogen (secondary N) is 3. The van der Waals surface area contributed by atoms with Gasteiger partial charge in [0.05, 0.1) is 6.42 Å². The number of anilines is 1. The molecule has 1 aromatic heterocycles. The fraction of sp³-hybridized carbons (Fsp3) is 0.458. The number of carbonyl (C=O) groups excluding carboxylic acids is 2. The first kappa shape index (κ1) is 25.4. The first-order valence-corrected chi connectivity index (χ1v) is 11.1. The summed E-state index contributed by atoms with van der Waals surface area (Å²) in [6.07, 6.45) is 4.80. The Labute approximate surface area is 188 Å². The number of nitrogens with zero attached hydrogens (tertiary/aromatic N) is 1. The molecule has 32 heavy (non-hydrogen) atoms. The van der Waals surface area contributed by atoms with Crippen molar-refractivity contribution in [1.82, 2.24) is 15.6 Å². The van der Waals surface area contributed by atoms with Crippen LogP contribution in [0.3, 0.4) is 0 Å². The third-order valence-corrected chi connectivity index (χ3v) is 5.03. The number of hydrogen-bond acceptors (Lipinski definition) is 4. The summed E-state index contributed by atoms with van der Waals surface area (Å²) >= 11 is 0. The van der Waals surface area contributed by atoms with Crippen LogP contribution in [0.5, 0.6) is 0 Å². The number of hydrogen-bond donors (Lipinski definition) is 3. The van der Waals surface area contributed by atoms with Crippen LogP contribution >= 0.6 is 0 Å². The zero-order chi connectivity index (χ0) is 23.5. The van der Waals surface area contributed by atoms with Crippen LogP contribution in [0.15, 0.2) is 36.5 Å². The fourth-order valence-corrected chi connectivity index (χ4v) is 3.26. The molecule has 0 radical (unpaired) electrons. The Morgan fingerprint density at radius 2 is 1.78 bits per heavy atom. The standard InChI is InChI=1S/C24H32F2N4O2/c1-4-6-10-27-16(3)18-8-9-22(28-15-18)30-24(32)21(7-5-2)29-23(31)13-17-11-19(25)14-20(26)12-17/h8-9,11-12,14-16,21,27H,4-7,10,13H2,1-3H3,(H,29,31)(H,28,30,32). The van der Waals surface area contributed by atoms with Crippen LogP contribution in [-0.2, 0) is 16.0 Å². The predicted octanol–water partition coefficient (Wildman–Crippen LogP) is 4.28. The fourth-order valence-electron chi connectivity index (χ4n) is 3.26. The van der Waals surface area contributed by atoms with E-state index in [9.17, 15) is 18.4 Å². The molecule has 0 saturated heterocycles. The number of unbranched alkanes of at least 4 members (excludes halogenated alkanes) is 1. The van der Waals surface area contributed by atoms with Crippen molar-refractivity contribution in [2.24, 2.45) is 0 Å². The van der Waals surface area contributed by atoms with E-state index in [1.54, 1.807) is 12.3 Å². The highest BCUT2D eigenvalue weighted by molar-refractivity contribution is 5.96. The zero-order valence-electron chi connectivity index (χ0n) is 18.9. The van der Waals surface area contributed by atoms with Crippen molar-refractivity contribution in [3.63, 3.8) is 0 Å². The molecule has 8 heteroatoms. The van der Waals surface area contributed by atoms with Crippen molar-refractivity contribution in [3.05, 3.63) is 59.3 Å². The Kier molecular flexibility index (Phi) is 10.2. The highest BCUT2D eigenvalue weighted by Crippen LogP contribution is 2.14. The average Bonchev–Trinajstić information content (AvgIpc) is 2.73. The van der Waals surface area contributed by atoms with E-state index in [1.807, 2.05) is 13.0 Å². The maximum atomic E-state index is 13.3. The third-order valence-electron chi connectivity index (χ3n) is 5.03. The summed E-state index contributed by atoms with van der Waals surface area (Å²) in [7, 11) is 0. The quantitative estimate of drug-likeness (QED) is 0.425. The molecular weight excluding hydrogens is 414 g/mol. The Morgan fingerprint density at radius 3 is 2.38 bits per heavy atom. The van der Waals surface area contributed by atoms with Gasteiger partial charge in [0.1, 0.15) is 23.5 Å². The first-order chi connectivity index (χ1) is 15.3. The number of benzene rings is 1. The second kappa shape index (κ2) is 12.9. The van der Waals surface area contributed by atoms with Crippen molar-refractivity contribution < 1.29 is 18.4 Å². The van der Waals surface area contributed by atoms with E-state index in [0.717, 1.165) is 43.1 Å². The number of carbonyl (C=O) groups is 2. The number of aromatic nitrogens is 1. The summed E-state index contributed by atoms with van der Waals surface area (Å²) in [4.78, 5) is 29.3. The van der Waals surface area contributed by atoms with E-state index in [2.05, 4.69) is 34.8 Å². The van der Waals surface area contributed by atoms with Crippen molar-refractivity contribution in [2.45, 2.75) is 65.0 Å². The Morgan fingerprint density at radius 1 is 1.06 bits per heavy atom. The molecular formula is C24H32F2N4O2. The van der Waals surface area contributed by atoms with E-state index in [-0.39, 0.29) is 23.9 Å². The van der Waals surface area contributed by atoms with Gasteiger partial charge in [-0.15, -0.1) is 0 Å². The smallest absolute Gasteiger partial charge is 0.248 e. The van der Waals surface area contributed by atoms with Gasteiger partial charge in [-0.1, -0.05) is 32.8 Å². The molecule has 2 aromatic rings. The van der Waals surface area contributed by atoms with Gasteiger partial charge in [-0.3, -0.25) is 9.59 Å². The summed E-state index contributed by atoms with van der Waals surface area (Å²) in [5, 5.41) is 8.80. The Hall–Kier alpha value is -2.87. The first-order valence-electron chi connectivity index (χ1n) is 11.1. The summed E-state index contributed by atoms with van der Waals surface area (Å²) in [5.74, 6) is -1.99. The van der Waals surface area contributed by atoms with E-state index in [1.165, 1.54) is 0 Å². The highest BCUT2D eigenvalue weighted by atomic mass is 19.1. The van der Waals surface area contributed by atoms with Crippen LogP contribution in [0.2, 0.25) is 0 Å². The van der Waals surface area contributed by atoms with E-state index in [0.29, 0.717) is 18.7 Å². The van der Waals surface area contributed by atoms with Crippen LogP contribution in [0.4, 0.5) is 14.6 Å². The van der Waals surface area contributed by atoms with Gasteiger partial charge in [-0.05, 0) is 55.6 Å². The van der Waals surface area contributed by atoms with Gasteiger partial charge in [0.2, 0.25) is 11.8 Å². The summed E-state index contributed by atoms with van der Waals surface area (Å²) in [6.45, 7) is 7.02. The SMILES string of the molecule is CCCCNC(C)c1ccc(NC(=O)C(CCC)NC(=O)Cc2cc(F)cc(F)c2)nc1. The molecule has 0 aliphatic carbocycles. The van der Waals surface area contributed by atoms with Crippen molar-refractivity contribution >= 4 is 17.6 Å². The lowest BCUT2D eigenvalue weighted by Crippen LogP contribution is -2.44. The zero-order valence-corrected chi connectivity index (χ0v) is 18.9. The van der Waals surface area contributed by atoms with Gasteiger partial charge in [0, 0.05) is 18.3 Å². The minimum Gasteiger partial charge on any atom is -0.344 e. The van der Waals surface area contributed by atoms with Gasteiger partial charge in [-0.2, -0.15) is 0 Å². The molecule has 0 fully saturated rings. The number of amides is 2. The van der Waals surface area contributed by atoms with Gasteiger partial charge >= 0.3 is 0 Å². The molecule has 3 N–H and O–H groups in total.